The van der Waals surface area contributed by atoms with E-state index >= 15 is 0 Å². The first kappa shape index (κ1) is 15.0. The molecule has 2 heterocycles. The summed E-state index contributed by atoms with van der Waals surface area (Å²) < 4.78 is 5.47. The molecule has 2 aromatic rings. The Kier molecular flexibility index (Phi) is 4.49. The zero-order valence-corrected chi connectivity index (χ0v) is 13.7. The molecule has 0 radical (unpaired) electrons. The molecule has 3 nitrogen and oxygen atoms in total. The highest BCUT2D eigenvalue weighted by Gasteiger charge is 2.25. The third-order valence-corrected chi connectivity index (χ3v) is 5.35. The van der Waals surface area contributed by atoms with Crippen molar-refractivity contribution in [2.75, 3.05) is 13.1 Å². The van der Waals surface area contributed by atoms with E-state index in [1.807, 2.05) is 6.07 Å². The van der Waals surface area contributed by atoms with Gasteiger partial charge >= 0.3 is 0 Å². The van der Waals surface area contributed by atoms with Crippen LogP contribution in [0, 0.1) is 0 Å². The summed E-state index contributed by atoms with van der Waals surface area (Å²) in [5, 5.41) is 3.94. The van der Waals surface area contributed by atoms with Crippen molar-refractivity contribution in [3.63, 3.8) is 0 Å². The van der Waals surface area contributed by atoms with Crippen molar-refractivity contribution in [3.05, 3.63) is 59.5 Å². The molecule has 0 saturated carbocycles. The minimum atomic E-state index is 0.557. The van der Waals surface area contributed by atoms with E-state index < -0.39 is 0 Å². The summed E-state index contributed by atoms with van der Waals surface area (Å²) in [5.41, 5.74) is 3.09. The molecular formula is C20H26N2O. The van der Waals surface area contributed by atoms with E-state index in [-0.39, 0.29) is 0 Å². The summed E-state index contributed by atoms with van der Waals surface area (Å²) >= 11 is 0. The topological polar surface area (TPSA) is 28.4 Å². The smallest absolute Gasteiger partial charge is 0.117 e. The number of rotatable bonds is 4. The van der Waals surface area contributed by atoms with Crippen molar-refractivity contribution in [1.29, 1.82) is 0 Å². The van der Waals surface area contributed by atoms with Crippen molar-refractivity contribution in [3.8, 4) is 0 Å². The van der Waals surface area contributed by atoms with Crippen LogP contribution in [0.4, 0.5) is 0 Å². The molecule has 1 aromatic heterocycles. The Bertz CT molecular complexity index is 614. The van der Waals surface area contributed by atoms with Crippen molar-refractivity contribution in [1.82, 2.24) is 10.2 Å². The third-order valence-electron chi connectivity index (χ3n) is 5.35. The van der Waals surface area contributed by atoms with Gasteiger partial charge in [0.1, 0.15) is 5.76 Å². The number of furan rings is 1. The average molecular weight is 310 g/mol. The lowest BCUT2D eigenvalue weighted by Crippen LogP contribution is -2.43. The van der Waals surface area contributed by atoms with Crippen LogP contribution < -0.4 is 5.32 Å². The number of benzene rings is 1. The van der Waals surface area contributed by atoms with Gasteiger partial charge in [-0.3, -0.25) is 4.90 Å². The summed E-state index contributed by atoms with van der Waals surface area (Å²) in [4.78, 5) is 2.51. The average Bonchev–Trinajstić information content (AvgIpc) is 3.10. The number of hydrogen-bond acceptors (Lipinski definition) is 3. The molecule has 2 aliphatic rings. The molecule has 1 N–H and O–H groups in total. The summed E-state index contributed by atoms with van der Waals surface area (Å²) in [6, 6.07) is 14.2. The molecule has 1 aliphatic carbocycles. The second kappa shape index (κ2) is 6.90. The highest BCUT2D eigenvalue weighted by atomic mass is 16.3. The van der Waals surface area contributed by atoms with E-state index in [0.717, 1.165) is 25.4 Å². The molecule has 0 bridgehead atoms. The maximum Gasteiger partial charge on any atom is 0.117 e. The van der Waals surface area contributed by atoms with Crippen molar-refractivity contribution >= 4 is 0 Å². The van der Waals surface area contributed by atoms with E-state index in [4.69, 9.17) is 4.42 Å². The van der Waals surface area contributed by atoms with Gasteiger partial charge < -0.3 is 9.73 Å². The van der Waals surface area contributed by atoms with Crippen LogP contribution in [0.2, 0.25) is 0 Å². The van der Waals surface area contributed by atoms with Crippen LogP contribution in [0.5, 0.6) is 0 Å². The maximum absolute atomic E-state index is 5.47. The van der Waals surface area contributed by atoms with Crippen LogP contribution in [-0.4, -0.2) is 24.0 Å². The summed E-state index contributed by atoms with van der Waals surface area (Å²) in [5.74, 6) is 1.08. The lowest BCUT2D eigenvalue weighted by atomic mass is 9.87. The second-order valence-corrected chi connectivity index (χ2v) is 6.94. The van der Waals surface area contributed by atoms with E-state index in [0.29, 0.717) is 12.1 Å². The first-order valence-electron chi connectivity index (χ1n) is 8.97. The summed E-state index contributed by atoms with van der Waals surface area (Å²) in [7, 11) is 0. The monoisotopic (exact) mass is 310 g/mol. The fraction of sp³-hybridized carbons (Fsp3) is 0.500. The van der Waals surface area contributed by atoms with Gasteiger partial charge in [-0.1, -0.05) is 24.3 Å². The molecule has 1 aliphatic heterocycles. The molecule has 3 heteroatoms. The first-order chi connectivity index (χ1) is 11.4. The Labute approximate surface area is 138 Å². The molecule has 1 fully saturated rings. The van der Waals surface area contributed by atoms with Gasteiger partial charge in [-0.15, -0.1) is 0 Å². The number of piperidine rings is 1. The zero-order valence-electron chi connectivity index (χ0n) is 13.7. The van der Waals surface area contributed by atoms with Crippen LogP contribution >= 0.6 is 0 Å². The number of aryl methyl sites for hydroxylation is 1. The lowest BCUT2D eigenvalue weighted by molar-refractivity contribution is 0.171. The number of likely N-dealkylation sites (tertiary alicyclic amines) is 1. The largest absolute Gasteiger partial charge is 0.468 e. The van der Waals surface area contributed by atoms with Gasteiger partial charge in [0, 0.05) is 25.2 Å². The molecule has 1 aromatic carbocycles. The molecule has 1 atom stereocenters. The highest BCUT2D eigenvalue weighted by molar-refractivity contribution is 5.32. The predicted octanol–water partition coefficient (Wildman–Crippen LogP) is 3.91. The molecular weight excluding hydrogens is 284 g/mol. The summed E-state index contributed by atoms with van der Waals surface area (Å²) in [6.07, 6.45) is 8.08. The molecule has 0 amide bonds. The van der Waals surface area contributed by atoms with Crippen LogP contribution in [0.25, 0.3) is 0 Å². The van der Waals surface area contributed by atoms with Crippen molar-refractivity contribution in [2.45, 2.75) is 50.7 Å². The SMILES string of the molecule is c1coc(CN2CCC(NC3CCCc4ccccc43)CC2)c1. The quantitative estimate of drug-likeness (QED) is 0.928. The third kappa shape index (κ3) is 3.51. The van der Waals surface area contributed by atoms with E-state index in [1.54, 1.807) is 11.8 Å². The van der Waals surface area contributed by atoms with Gasteiger partial charge in [0.2, 0.25) is 0 Å². The molecule has 4 rings (SSSR count). The zero-order chi connectivity index (χ0) is 15.5. The molecule has 1 unspecified atom stereocenters. The molecule has 1 saturated heterocycles. The minimum Gasteiger partial charge on any atom is -0.468 e. The second-order valence-electron chi connectivity index (χ2n) is 6.94. The van der Waals surface area contributed by atoms with E-state index in [2.05, 4.69) is 40.5 Å². The van der Waals surface area contributed by atoms with Crippen molar-refractivity contribution in [2.24, 2.45) is 0 Å². The minimum absolute atomic E-state index is 0.557. The number of fused-ring (bicyclic) bond motifs is 1. The fourth-order valence-corrected chi connectivity index (χ4v) is 4.09. The highest BCUT2D eigenvalue weighted by Crippen LogP contribution is 2.30. The summed E-state index contributed by atoms with van der Waals surface area (Å²) in [6.45, 7) is 3.27. The number of nitrogens with one attached hydrogen (secondary N) is 1. The van der Waals surface area contributed by atoms with E-state index in [9.17, 15) is 0 Å². The Morgan fingerprint density at radius 3 is 2.74 bits per heavy atom. The van der Waals surface area contributed by atoms with Crippen LogP contribution in [0.1, 0.15) is 48.6 Å². The number of nitrogens with zero attached hydrogens (tertiary/aromatic N) is 1. The van der Waals surface area contributed by atoms with Gasteiger partial charge in [-0.05, 0) is 55.4 Å². The Hall–Kier alpha value is -1.58. The van der Waals surface area contributed by atoms with Gasteiger partial charge in [0.05, 0.1) is 12.8 Å². The standard InChI is InChI=1S/C20H26N2O/c1-2-8-19-16(5-1)6-3-9-20(19)21-17-10-12-22(13-11-17)15-18-7-4-14-23-18/h1-2,4-5,7-8,14,17,20-21H,3,6,9-13,15H2. The Morgan fingerprint density at radius 1 is 1.04 bits per heavy atom. The van der Waals surface area contributed by atoms with Gasteiger partial charge in [-0.25, -0.2) is 0 Å². The van der Waals surface area contributed by atoms with Crippen LogP contribution in [0.3, 0.4) is 0 Å². The molecule has 23 heavy (non-hydrogen) atoms. The van der Waals surface area contributed by atoms with E-state index in [1.165, 1.54) is 37.7 Å². The van der Waals surface area contributed by atoms with Crippen molar-refractivity contribution < 1.29 is 4.42 Å². The van der Waals surface area contributed by atoms with Crippen LogP contribution in [-0.2, 0) is 13.0 Å². The maximum atomic E-state index is 5.47. The van der Waals surface area contributed by atoms with Gasteiger partial charge in [-0.2, -0.15) is 0 Å². The predicted molar refractivity (Wildman–Crippen MR) is 92.3 cm³/mol. The van der Waals surface area contributed by atoms with Gasteiger partial charge in [0.15, 0.2) is 0 Å². The fourth-order valence-electron chi connectivity index (χ4n) is 4.09. The Balaban J connectivity index is 1.32. The lowest BCUT2D eigenvalue weighted by Gasteiger charge is -2.36. The van der Waals surface area contributed by atoms with Crippen LogP contribution in [0.15, 0.2) is 47.1 Å². The molecule has 122 valence electrons. The first-order valence-corrected chi connectivity index (χ1v) is 8.97. The normalized spacial score (nSPS) is 22.9. The van der Waals surface area contributed by atoms with Gasteiger partial charge in [0.25, 0.3) is 0 Å². The molecule has 0 spiro atoms. The number of hydrogen-bond donors (Lipinski definition) is 1. The Morgan fingerprint density at radius 2 is 1.91 bits per heavy atom.